The van der Waals surface area contributed by atoms with Crippen molar-refractivity contribution in [3.05, 3.63) is 70.4 Å². The molecule has 1 aromatic carbocycles. The van der Waals surface area contributed by atoms with E-state index < -0.39 is 0 Å². The normalized spacial score (nSPS) is 11.2. The third-order valence-electron chi connectivity index (χ3n) is 4.59. The molecule has 156 valence electrons. The minimum atomic E-state index is 0.389. The first-order valence-corrected chi connectivity index (χ1v) is 10.5. The van der Waals surface area contributed by atoms with Gasteiger partial charge in [0, 0.05) is 11.4 Å². The molecule has 0 radical (unpaired) electrons. The third-order valence-corrected chi connectivity index (χ3v) is 5.44. The van der Waals surface area contributed by atoms with E-state index in [1.807, 2.05) is 23.6 Å². The Hall–Kier alpha value is -3.10. The van der Waals surface area contributed by atoms with Crippen LogP contribution >= 0.6 is 11.3 Å². The first-order valence-electron chi connectivity index (χ1n) is 9.66. The maximum absolute atomic E-state index is 5.92. The molecule has 4 aromatic rings. The highest BCUT2D eigenvalue weighted by molar-refractivity contribution is 7.09. The first-order chi connectivity index (χ1) is 14.7. The van der Waals surface area contributed by atoms with Crippen molar-refractivity contribution >= 4 is 11.3 Å². The number of nitrogens with zero attached hydrogens (tertiary/aromatic N) is 3. The molecule has 4 rings (SSSR count). The lowest BCUT2D eigenvalue weighted by atomic mass is 10.2. The molecule has 0 N–H and O–H groups in total. The van der Waals surface area contributed by atoms with Crippen LogP contribution in [0, 0.1) is 0 Å². The summed E-state index contributed by atoms with van der Waals surface area (Å²) in [4.78, 5) is 3.38. The van der Waals surface area contributed by atoms with Crippen LogP contribution in [0.2, 0.25) is 0 Å². The average molecular weight is 426 g/mol. The Labute approximate surface area is 178 Å². The highest BCUT2D eigenvalue weighted by Gasteiger charge is 2.15. The van der Waals surface area contributed by atoms with Crippen LogP contribution in [-0.2, 0) is 19.7 Å². The van der Waals surface area contributed by atoms with Crippen molar-refractivity contribution in [3.8, 4) is 23.1 Å². The smallest absolute Gasteiger partial charge is 0.283 e. The molecule has 0 fully saturated rings. The van der Waals surface area contributed by atoms with Crippen LogP contribution in [0.5, 0.6) is 11.5 Å². The number of furan rings is 1. The molecule has 3 aromatic heterocycles. The Balaban J connectivity index is 1.40. The van der Waals surface area contributed by atoms with Gasteiger partial charge in [-0.2, -0.15) is 0 Å². The summed E-state index contributed by atoms with van der Waals surface area (Å²) < 4.78 is 22.5. The number of hydrogen-bond acceptors (Lipinski definition) is 8. The molecule has 7 nitrogen and oxygen atoms in total. The van der Waals surface area contributed by atoms with Crippen LogP contribution in [0.1, 0.15) is 23.3 Å². The van der Waals surface area contributed by atoms with Gasteiger partial charge in [-0.05, 0) is 47.8 Å². The minimum absolute atomic E-state index is 0.389. The Bertz CT molecular complexity index is 1040. The van der Waals surface area contributed by atoms with E-state index >= 15 is 0 Å². The molecule has 0 amide bonds. The summed E-state index contributed by atoms with van der Waals surface area (Å²) in [5.41, 5.74) is 1.11. The fourth-order valence-corrected chi connectivity index (χ4v) is 3.64. The van der Waals surface area contributed by atoms with Gasteiger partial charge in [0.25, 0.3) is 5.89 Å². The van der Waals surface area contributed by atoms with Crippen LogP contribution in [-0.4, -0.2) is 28.8 Å². The van der Waals surface area contributed by atoms with Gasteiger partial charge in [0.1, 0.15) is 6.61 Å². The van der Waals surface area contributed by atoms with E-state index in [2.05, 4.69) is 34.2 Å². The number of ether oxygens (including phenoxy) is 2. The SMILES string of the molecule is CCN(Cc1ccc(OCc2cccs2)c(OC)c1)Cc1nnc(-c2ccco2)o1. The molecule has 0 unspecified atom stereocenters. The summed E-state index contributed by atoms with van der Waals surface area (Å²) in [6.07, 6.45) is 1.58. The standard InChI is InChI=1S/C22H23N3O4S/c1-3-25(14-21-23-24-22(29-21)19-7-4-10-27-19)13-16-8-9-18(20(12-16)26-2)28-15-17-6-5-11-30-17/h4-12H,3,13-15H2,1-2H3. The lowest BCUT2D eigenvalue weighted by Gasteiger charge is -2.19. The topological polar surface area (TPSA) is 73.8 Å². The fraction of sp³-hybridized carbons (Fsp3) is 0.273. The molecule has 0 atom stereocenters. The molecule has 30 heavy (non-hydrogen) atoms. The molecular weight excluding hydrogens is 402 g/mol. The first kappa shape index (κ1) is 20.2. The predicted molar refractivity (Wildman–Crippen MR) is 113 cm³/mol. The van der Waals surface area contributed by atoms with Crippen molar-refractivity contribution in [1.82, 2.24) is 15.1 Å². The highest BCUT2D eigenvalue weighted by Crippen LogP contribution is 2.30. The van der Waals surface area contributed by atoms with Crippen molar-refractivity contribution < 1.29 is 18.3 Å². The predicted octanol–water partition coefficient (Wildman–Crippen LogP) is 5.00. The minimum Gasteiger partial charge on any atom is -0.493 e. The van der Waals surface area contributed by atoms with E-state index in [-0.39, 0.29) is 0 Å². The van der Waals surface area contributed by atoms with E-state index in [0.717, 1.165) is 30.2 Å². The summed E-state index contributed by atoms with van der Waals surface area (Å²) in [5, 5.41) is 10.2. The summed E-state index contributed by atoms with van der Waals surface area (Å²) in [6.45, 7) is 4.72. The van der Waals surface area contributed by atoms with Crippen molar-refractivity contribution in [3.63, 3.8) is 0 Å². The largest absolute Gasteiger partial charge is 0.493 e. The Kier molecular flexibility index (Phi) is 6.46. The molecule has 0 spiro atoms. The number of methoxy groups -OCH3 is 1. The van der Waals surface area contributed by atoms with E-state index in [1.54, 1.807) is 36.8 Å². The van der Waals surface area contributed by atoms with Gasteiger partial charge in [-0.1, -0.05) is 19.1 Å². The van der Waals surface area contributed by atoms with Crippen molar-refractivity contribution in [1.29, 1.82) is 0 Å². The van der Waals surface area contributed by atoms with Crippen LogP contribution in [0.25, 0.3) is 11.7 Å². The van der Waals surface area contributed by atoms with Crippen LogP contribution in [0.3, 0.4) is 0 Å². The van der Waals surface area contributed by atoms with Gasteiger partial charge in [0.2, 0.25) is 5.89 Å². The van der Waals surface area contributed by atoms with Crippen molar-refractivity contribution in [2.24, 2.45) is 0 Å². The lowest BCUT2D eigenvalue weighted by molar-refractivity contribution is 0.242. The molecule has 0 aliphatic rings. The zero-order valence-electron chi connectivity index (χ0n) is 16.9. The second-order valence-corrected chi connectivity index (χ2v) is 7.67. The molecular formula is C22H23N3O4S. The van der Waals surface area contributed by atoms with E-state index in [9.17, 15) is 0 Å². The summed E-state index contributed by atoms with van der Waals surface area (Å²) in [6, 6.07) is 13.7. The highest BCUT2D eigenvalue weighted by atomic mass is 32.1. The quantitative estimate of drug-likeness (QED) is 0.354. The number of thiophene rings is 1. The van der Waals surface area contributed by atoms with Crippen LogP contribution in [0.4, 0.5) is 0 Å². The van der Waals surface area contributed by atoms with Crippen LogP contribution < -0.4 is 9.47 Å². The molecule has 0 aliphatic heterocycles. The molecule has 0 saturated carbocycles. The number of hydrogen-bond donors (Lipinski definition) is 0. The third kappa shape index (κ3) is 4.90. The monoisotopic (exact) mass is 425 g/mol. The maximum atomic E-state index is 5.92. The van der Waals surface area contributed by atoms with Gasteiger partial charge in [-0.3, -0.25) is 4.90 Å². The lowest BCUT2D eigenvalue weighted by Crippen LogP contribution is -2.22. The average Bonchev–Trinajstić information content (AvgIpc) is 3.54. The second kappa shape index (κ2) is 9.60. The summed E-state index contributed by atoms with van der Waals surface area (Å²) in [7, 11) is 1.66. The van der Waals surface area contributed by atoms with Crippen molar-refractivity contribution in [2.75, 3.05) is 13.7 Å². The van der Waals surface area contributed by atoms with Gasteiger partial charge < -0.3 is 18.3 Å². The number of aromatic nitrogens is 2. The molecule has 3 heterocycles. The number of benzene rings is 1. The van der Waals surface area contributed by atoms with Gasteiger partial charge in [0.05, 0.1) is 19.9 Å². The van der Waals surface area contributed by atoms with Gasteiger partial charge >= 0.3 is 0 Å². The van der Waals surface area contributed by atoms with Gasteiger partial charge in [-0.15, -0.1) is 21.5 Å². The molecule has 0 aliphatic carbocycles. The molecule has 8 heteroatoms. The zero-order chi connectivity index (χ0) is 20.8. The zero-order valence-corrected chi connectivity index (χ0v) is 17.7. The Morgan fingerprint density at radius 3 is 2.73 bits per heavy atom. The van der Waals surface area contributed by atoms with Crippen molar-refractivity contribution in [2.45, 2.75) is 26.6 Å². The maximum Gasteiger partial charge on any atom is 0.283 e. The Morgan fingerprint density at radius 2 is 2.00 bits per heavy atom. The van der Waals surface area contributed by atoms with Crippen LogP contribution in [0.15, 0.2) is 62.9 Å². The number of rotatable bonds is 10. The second-order valence-electron chi connectivity index (χ2n) is 6.63. The van der Waals surface area contributed by atoms with E-state index in [1.165, 1.54) is 4.88 Å². The summed E-state index contributed by atoms with van der Waals surface area (Å²) >= 11 is 1.67. The summed E-state index contributed by atoms with van der Waals surface area (Å²) in [5.74, 6) is 2.96. The Morgan fingerprint density at radius 1 is 1.07 bits per heavy atom. The molecule has 0 saturated heterocycles. The van der Waals surface area contributed by atoms with Gasteiger partial charge in [-0.25, -0.2) is 0 Å². The fourth-order valence-electron chi connectivity index (χ4n) is 3.02. The molecule has 0 bridgehead atoms. The van der Waals surface area contributed by atoms with E-state index in [4.69, 9.17) is 18.3 Å². The van der Waals surface area contributed by atoms with Gasteiger partial charge in [0.15, 0.2) is 17.3 Å². The van der Waals surface area contributed by atoms with E-state index in [0.29, 0.717) is 30.7 Å².